The van der Waals surface area contributed by atoms with Crippen LogP contribution in [0.2, 0.25) is 15.1 Å². The molecule has 6 fully saturated rings. The third kappa shape index (κ3) is 15.8. The fraction of sp³-hybridized carbons (Fsp3) is 0.269. The number of carbonyl (C=O) groups is 3. The molecule has 18 nitrogen and oxygen atoms in total. The number of carboxylic acids is 1. The lowest BCUT2D eigenvalue weighted by atomic mass is 9.96. The molecule has 6 heterocycles. The first-order valence-corrected chi connectivity index (χ1v) is 33.7. The van der Waals surface area contributed by atoms with Crippen LogP contribution >= 0.6 is 34.8 Å². The van der Waals surface area contributed by atoms with Crippen molar-refractivity contribution in [2.75, 3.05) is 88.7 Å². The molecule has 3 aliphatic carbocycles. The van der Waals surface area contributed by atoms with Gasteiger partial charge in [0.1, 0.15) is 36.4 Å². The number of anilines is 7. The Hall–Kier alpha value is -10.3. The summed E-state index contributed by atoms with van der Waals surface area (Å²) in [4.78, 5) is 67.0. The number of hydrogen-bond acceptors (Lipinski definition) is 17. The number of allylic oxidation sites excluding steroid dienone is 1. The number of ketones is 2. The smallest absolute Gasteiger partial charge is 0.327 e. The summed E-state index contributed by atoms with van der Waals surface area (Å²) in [6.45, 7) is 16.0. The highest BCUT2D eigenvalue weighted by Crippen LogP contribution is 2.58. The fourth-order valence-corrected chi connectivity index (χ4v) is 14.1. The van der Waals surface area contributed by atoms with Crippen LogP contribution in [0.1, 0.15) is 47.1 Å². The van der Waals surface area contributed by atoms with Crippen LogP contribution in [0.25, 0.3) is 32.7 Å². The second kappa shape index (κ2) is 29.8. The number of piperidine rings is 3. The monoisotopic (exact) mass is 1430 g/mol. The number of nitrogens with two attached hydrogens (primary N) is 1. The van der Waals surface area contributed by atoms with Crippen molar-refractivity contribution in [1.82, 2.24) is 44.6 Å². The third-order valence-corrected chi connectivity index (χ3v) is 20.0. The molecule has 3 aliphatic heterocycles. The van der Waals surface area contributed by atoms with Gasteiger partial charge in [0.2, 0.25) is 0 Å². The van der Waals surface area contributed by atoms with Crippen LogP contribution in [0.5, 0.6) is 0 Å². The summed E-state index contributed by atoms with van der Waals surface area (Å²) in [5, 5.41) is 28.0. The summed E-state index contributed by atoms with van der Waals surface area (Å²) in [6, 6.07) is 25.2. The first-order valence-electron chi connectivity index (χ1n) is 32.6. The number of nitrogens with zero attached hydrogens (tertiary/aromatic N) is 9. The Morgan fingerprint density at radius 3 is 1.26 bits per heavy atom. The third-order valence-electron chi connectivity index (χ3n) is 19.1. The van der Waals surface area contributed by atoms with E-state index in [0.29, 0.717) is 84.7 Å². The number of nitrogen functional groups attached to an aromatic ring is 1. The molecule has 0 amide bonds. The summed E-state index contributed by atoms with van der Waals surface area (Å²) in [6.07, 6.45) is 9.96. The summed E-state index contributed by atoms with van der Waals surface area (Å²) < 4.78 is 43.2. The van der Waals surface area contributed by atoms with Crippen molar-refractivity contribution in [3.8, 4) is 35.5 Å². The van der Waals surface area contributed by atoms with Gasteiger partial charge in [0, 0.05) is 119 Å². The summed E-state index contributed by atoms with van der Waals surface area (Å²) in [7, 11) is 6.35. The lowest BCUT2D eigenvalue weighted by molar-refractivity contribution is -0.131. The van der Waals surface area contributed by atoms with E-state index >= 15 is 0 Å². The zero-order valence-corrected chi connectivity index (χ0v) is 58.1. The Morgan fingerprint density at radius 2 is 0.922 bits per heavy atom. The van der Waals surface area contributed by atoms with Gasteiger partial charge < -0.3 is 46.6 Å². The number of benzene rings is 6. The predicted octanol–water partition coefficient (Wildman–Crippen LogP) is 13.2. The second-order valence-corrected chi connectivity index (χ2v) is 27.8. The van der Waals surface area contributed by atoms with Gasteiger partial charge in [-0.25, -0.2) is 47.9 Å². The minimum Gasteiger partial charge on any atom is -0.478 e. The molecule has 6 atom stereocenters. The number of aliphatic hydroxyl groups excluding tert-OH is 1. The van der Waals surface area contributed by atoms with Crippen molar-refractivity contribution in [2.24, 2.45) is 34.0 Å². The van der Waals surface area contributed by atoms with E-state index in [2.05, 4.69) is 137 Å². The van der Waals surface area contributed by atoms with E-state index in [-0.39, 0.29) is 78.4 Å². The molecule has 0 unspecified atom stereocenters. The van der Waals surface area contributed by atoms with Gasteiger partial charge in [-0.3, -0.25) is 9.59 Å². The van der Waals surface area contributed by atoms with E-state index in [9.17, 15) is 32.7 Å². The van der Waals surface area contributed by atoms with Crippen molar-refractivity contribution >= 4 is 125 Å². The van der Waals surface area contributed by atoms with Crippen LogP contribution in [0.15, 0.2) is 147 Å². The fourth-order valence-electron chi connectivity index (χ4n) is 13.5. The number of aliphatic hydroxyl groups is 1. The van der Waals surface area contributed by atoms with Crippen molar-refractivity contribution < 1.29 is 37.8 Å². The maximum atomic E-state index is 14.5. The number of carboxylic acid groups (broad SMARTS) is 1. The topological polar surface area (TPSA) is 241 Å². The molecular weight excluding hydrogens is 1360 g/mol. The van der Waals surface area contributed by atoms with Crippen LogP contribution in [-0.2, 0) is 27.2 Å². The molecule has 3 saturated heterocycles. The number of likely N-dealkylation sites (tertiary alicyclic amines) is 3. The molecule has 6 aromatic carbocycles. The Labute approximate surface area is 602 Å². The van der Waals surface area contributed by atoms with Gasteiger partial charge in [-0.05, 0) is 148 Å². The second-order valence-electron chi connectivity index (χ2n) is 26.6. The van der Waals surface area contributed by atoms with Crippen molar-refractivity contribution in [3.63, 3.8) is 0 Å². The minimum absolute atomic E-state index is 0.00460. The van der Waals surface area contributed by atoms with E-state index in [1.807, 2.05) is 24.3 Å². The number of aromatic nitrogens is 6. The lowest BCUT2D eigenvalue weighted by Gasteiger charge is -2.13. The number of rotatable bonds is 14. The molecule has 518 valence electrons. The number of fused-ring (bicyclic) bond motifs is 6. The average molecular weight is 1430 g/mol. The molecule has 3 aromatic heterocycles. The van der Waals surface area contributed by atoms with Crippen LogP contribution in [0.3, 0.4) is 0 Å². The van der Waals surface area contributed by atoms with Crippen molar-refractivity contribution in [1.29, 1.82) is 0 Å². The number of halogens is 6. The van der Waals surface area contributed by atoms with Gasteiger partial charge in [0.25, 0.3) is 0 Å². The number of hydrogen-bond donors (Lipinski definition) is 6. The molecule has 6 aliphatic rings. The summed E-state index contributed by atoms with van der Waals surface area (Å²) in [5.41, 5.74) is 13.4. The molecule has 102 heavy (non-hydrogen) atoms. The van der Waals surface area contributed by atoms with Gasteiger partial charge in [0.05, 0.1) is 55.3 Å². The normalized spacial score (nSPS) is 20.8. The first kappa shape index (κ1) is 71.6. The quantitative estimate of drug-likeness (QED) is 0.0337. The molecule has 9 aromatic rings. The molecular formula is C78H69Cl3F3N13O5. The van der Waals surface area contributed by atoms with E-state index < -0.39 is 30.0 Å². The van der Waals surface area contributed by atoms with Gasteiger partial charge in [-0.1, -0.05) is 108 Å². The highest BCUT2D eigenvalue weighted by Gasteiger charge is 2.60. The SMILES string of the molecule is C=C(CO)C(=O)Cc1cc2c(Nc3cccc(Cl)c3F)ncnc2cc1C#C[C@@]12C[C@@H]1CN(C)C2.C=CC(=O)Cc1cc2c(Nc3cccc(Cl)c3F)ncnc2cc1C#C[C@@]12C[C@@H]1CN(C)C2.C=CC(=O)O.CN1C[C@H]2C[C@@]2(C#Cc2cc3ncnc(Nc4cccc(Cl)c4F)c3cc2N)C1. The highest BCUT2D eigenvalue weighted by atomic mass is 35.5. The van der Waals surface area contributed by atoms with Crippen LogP contribution < -0.4 is 21.7 Å². The number of aliphatic carboxylic acids is 1. The van der Waals surface area contributed by atoms with E-state index in [0.717, 1.165) is 74.9 Å². The summed E-state index contributed by atoms with van der Waals surface area (Å²) >= 11 is 17.7. The molecule has 0 radical (unpaired) electrons. The molecule has 0 bridgehead atoms. The Kier molecular flexibility index (Phi) is 20.9. The Bertz CT molecular complexity index is 5150. The van der Waals surface area contributed by atoms with E-state index in [4.69, 9.17) is 45.6 Å². The largest absolute Gasteiger partial charge is 0.478 e. The predicted molar refractivity (Wildman–Crippen MR) is 394 cm³/mol. The van der Waals surface area contributed by atoms with Gasteiger partial charge in [0.15, 0.2) is 29.0 Å². The van der Waals surface area contributed by atoms with Crippen LogP contribution in [-0.4, -0.2) is 139 Å². The minimum atomic E-state index is -0.981. The average Bonchev–Trinajstić information content (AvgIpc) is 1.57. The molecule has 15 rings (SSSR count). The molecule has 24 heteroatoms. The molecule has 0 spiro atoms. The van der Waals surface area contributed by atoms with Crippen molar-refractivity contribution in [2.45, 2.75) is 32.1 Å². The lowest BCUT2D eigenvalue weighted by Crippen LogP contribution is -2.19. The summed E-state index contributed by atoms with van der Waals surface area (Å²) in [5.74, 6) is 20.5. The van der Waals surface area contributed by atoms with Gasteiger partial charge in [-0.15, -0.1) is 0 Å². The zero-order valence-electron chi connectivity index (χ0n) is 55.9. The van der Waals surface area contributed by atoms with Crippen molar-refractivity contribution in [3.05, 3.63) is 208 Å². The number of Topliss-reactive ketones (excluding diaryl/α,β-unsaturated/α-hetero) is 1. The molecule has 7 N–H and O–H groups in total. The standard InChI is InChI=1S/C27H24ClFN4O2.C26H22ClFN4O.C22H19ClFN5.C3H4O2/c1-16(13-34)24(35)10-18-8-20-23(9-17(18)6-7-27-11-19(27)12-33(2)14-27)30-15-31-26(20)32-22-5-3-4-21(28)25(22)29;1-3-19(33)9-17-10-20-23(11-16(17)7-8-26-12-18(26)13-32(2)14-26)29-15-30-25(20)31-22-6-4-5-21(27)24(22)28;1-29-10-14-9-22(14,11-29)6-5-13-7-19-15(8-17(13)25)21(27-12-26-19)28-18-4-2-3-16(23)20(18)24;1-2-3(4)5/h3-5,8-9,15,19,34H,1,10-14H2,2H3,(H,30,31,32);3-6,10-11,15,18H,1,9,12-14H2,2H3,(H,29,30,31);2-4,7-8,12,14H,9-11,25H2,1H3,(H,26,27,28);2H,1H2,(H,4,5)/t19-,27+;18-,26+;14-,22+;/m111./s1. The van der Waals surface area contributed by atoms with E-state index in [1.165, 1.54) is 49.7 Å². The molecule has 3 saturated carbocycles. The maximum absolute atomic E-state index is 14.5. The number of nitrogens with one attached hydrogen (secondary N) is 3. The Balaban J connectivity index is 0.000000140. The van der Waals surface area contributed by atoms with Crippen LogP contribution in [0, 0.1) is 87.0 Å². The zero-order chi connectivity index (χ0) is 72.4. The van der Waals surface area contributed by atoms with Gasteiger partial charge >= 0.3 is 5.97 Å². The highest BCUT2D eigenvalue weighted by molar-refractivity contribution is 6.31. The van der Waals surface area contributed by atoms with E-state index in [1.54, 1.807) is 48.5 Å². The maximum Gasteiger partial charge on any atom is 0.327 e. The Morgan fingerprint density at radius 1 is 0.569 bits per heavy atom. The number of carbonyl (C=O) groups excluding carboxylic acids is 2. The van der Waals surface area contributed by atoms with Crippen LogP contribution in [0.4, 0.5) is 53.4 Å². The van der Waals surface area contributed by atoms with Gasteiger partial charge in [-0.2, -0.15) is 0 Å². The first-order chi connectivity index (χ1) is 48.9.